The van der Waals surface area contributed by atoms with Crippen LogP contribution in [0.2, 0.25) is 18.1 Å². The number of hydrogen-bond donors (Lipinski definition) is 0. The van der Waals surface area contributed by atoms with E-state index in [1.165, 1.54) is 0 Å². The highest BCUT2D eigenvalue weighted by molar-refractivity contribution is 6.74. The number of carbonyl (C=O) groups excluding carboxylic acids is 1. The van der Waals surface area contributed by atoms with Gasteiger partial charge in [0.15, 0.2) is 8.32 Å². The number of rotatable bonds is 15. The molecular weight excluding hydrogens is 556 g/mol. The summed E-state index contributed by atoms with van der Waals surface area (Å²) in [7, 11) is -2.27. The maximum absolute atomic E-state index is 11.6. The lowest BCUT2D eigenvalue weighted by molar-refractivity contribution is -0.258. The summed E-state index contributed by atoms with van der Waals surface area (Å²) < 4.78 is 33.6. The molecule has 1 saturated heterocycles. The standard InChI is InChI=1S/C36H48O6Si/c1-36(2,3)43(4,5)42-34-31(22-15-23-37)41-32(27-38-24-28-16-9-6-10-17-28)33(39-25-29-18-11-7-12-19-29)35(34)40-26-30-20-13-8-14-21-30/h6-14,16-21,23,31-35H,15,22,24-27H2,1-5H3/t31-,32+,33-,34-,35-/m0/s1. The Kier molecular flexibility index (Phi) is 12.3. The number of carbonyl (C=O) groups is 1. The van der Waals surface area contributed by atoms with E-state index in [4.69, 9.17) is 23.4 Å². The minimum Gasteiger partial charge on any atom is -0.409 e. The zero-order valence-corrected chi connectivity index (χ0v) is 27.3. The van der Waals surface area contributed by atoms with E-state index < -0.39 is 32.7 Å². The van der Waals surface area contributed by atoms with E-state index in [1.54, 1.807) is 0 Å². The van der Waals surface area contributed by atoms with Crippen molar-refractivity contribution >= 4 is 14.6 Å². The molecule has 5 atom stereocenters. The molecule has 1 aliphatic heterocycles. The van der Waals surface area contributed by atoms with Crippen LogP contribution in [0.15, 0.2) is 91.0 Å². The van der Waals surface area contributed by atoms with Crippen LogP contribution in [0.1, 0.15) is 50.3 Å². The molecule has 1 fully saturated rings. The van der Waals surface area contributed by atoms with Gasteiger partial charge in [0.05, 0.1) is 32.5 Å². The normalized spacial score (nSPS) is 22.8. The molecule has 0 unspecified atom stereocenters. The lowest BCUT2D eigenvalue weighted by Crippen LogP contribution is -2.63. The highest BCUT2D eigenvalue weighted by Gasteiger charge is 2.51. The molecule has 1 aliphatic rings. The lowest BCUT2D eigenvalue weighted by Gasteiger charge is -2.50. The Morgan fingerprint density at radius 1 is 0.698 bits per heavy atom. The molecular formula is C36H48O6Si. The summed E-state index contributed by atoms with van der Waals surface area (Å²) in [6.45, 7) is 12.8. The summed E-state index contributed by atoms with van der Waals surface area (Å²) in [5.41, 5.74) is 3.23. The fraction of sp³-hybridized carbons (Fsp3) is 0.472. The minimum absolute atomic E-state index is 0.0256. The molecule has 4 rings (SSSR count). The summed E-state index contributed by atoms with van der Waals surface area (Å²) in [6, 6.07) is 30.4. The smallest absolute Gasteiger partial charge is 0.192 e. The van der Waals surface area contributed by atoms with E-state index in [9.17, 15) is 4.79 Å². The molecule has 0 radical (unpaired) electrons. The molecule has 0 saturated carbocycles. The quantitative estimate of drug-likeness (QED) is 0.132. The summed E-state index contributed by atoms with van der Waals surface area (Å²) in [6.07, 6.45) is -0.196. The van der Waals surface area contributed by atoms with Crippen LogP contribution in [0, 0.1) is 0 Å². The van der Waals surface area contributed by atoms with Gasteiger partial charge >= 0.3 is 0 Å². The molecule has 0 N–H and O–H groups in total. The molecule has 0 spiro atoms. The predicted octanol–water partition coefficient (Wildman–Crippen LogP) is 7.51. The molecule has 3 aromatic rings. The first kappa shape index (κ1) is 33.2. The lowest BCUT2D eigenvalue weighted by atomic mass is 9.92. The topological polar surface area (TPSA) is 63.2 Å². The number of benzene rings is 3. The third-order valence-electron chi connectivity index (χ3n) is 8.50. The van der Waals surface area contributed by atoms with E-state index in [0.717, 1.165) is 23.0 Å². The maximum Gasteiger partial charge on any atom is 0.192 e. The molecule has 1 heterocycles. The van der Waals surface area contributed by atoms with Crippen LogP contribution in [0.25, 0.3) is 0 Å². The van der Waals surface area contributed by atoms with Gasteiger partial charge in [-0.1, -0.05) is 112 Å². The van der Waals surface area contributed by atoms with E-state index >= 15 is 0 Å². The summed E-state index contributed by atoms with van der Waals surface area (Å²) in [4.78, 5) is 11.6. The first-order valence-electron chi connectivity index (χ1n) is 15.4. The summed E-state index contributed by atoms with van der Waals surface area (Å²) >= 11 is 0. The molecule has 0 aliphatic carbocycles. The molecule has 232 valence electrons. The van der Waals surface area contributed by atoms with Crippen LogP contribution in [-0.4, -0.2) is 51.7 Å². The Bertz CT molecular complexity index is 1210. The van der Waals surface area contributed by atoms with E-state index in [0.29, 0.717) is 39.3 Å². The Morgan fingerprint density at radius 3 is 1.67 bits per heavy atom. The van der Waals surface area contributed by atoms with E-state index in [1.807, 2.05) is 66.7 Å². The molecule has 6 nitrogen and oxygen atoms in total. The van der Waals surface area contributed by atoms with Gasteiger partial charge in [-0.25, -0.2) is 0 Å². The van der Waals surface area contributed by atoms with E-state index in [2.05, 4.69) is 58.1 Å². The first-order valence-corrected chi connectivity index (χ1v) is 18.3. The van der Waals surface area contributed by atoms with E-state index in [-0.39, 0.29) is 11.1 Å². The third kappa shape index (κ3) is 9.67. The van der Waals surface area contributed by atoms with Gasteiger partial charge in [-0.3, -0.25) is 0 Å². The number of aldehydes is 1. The van der Waals surface area contributed by atoms with Crippen molar-refractivity contribution in [3.8, 4) is 0 Å². The number of ether oxygens (including phenoxy) is 4. The largest absolute Gasteiger partial charge is 0.409 e. The van der Waals surface area contributed by atoms with Gasteiger partial charge in [-0.05, 0) is 41.2 Å². The Hall–Kier alpha value is -2.65. The van der Waals surface area contributed by atoms with Gasteiger partial charge < -0.3 is 28.2 Å². The predicted molar refractivity (Wildman–Crippen MR) is 172 cm³/mol. The van der Waals surface area contributed by atoms with Crippen molar-refractivity contribution in [2.75, 3.05) is 6.61 Å². The van der Waals surface area contributed by atoms with Crippen molar-refractivity contribution in [2.24, 2.45) is 0 Å². The molecule has 0 aromatic heterocycles. The summed E-state index contributed by atoms with van der Waals surface area (Å²) in [5, 5.41) is -0.0256. The zero-order valence-electron chi connectivity index (χ0n) is 26.3. The fourth-order valence-electron chi connectivity index (χ4n) is 5.04. The van der Waals surface area contributed by atoms with Gasteiger partial charge in [0.1, 0.15) is 30.7 Å². The van der Waals surface area contributed by atoms with Crippen LogP contribution >= 0.6 is 0 Å². The van der Waals surface area contributed by atoms with Gasteiger partial charge in [0.25, 0.3) is 0 Å². The van der Waals surface area contributed by atoms with Crippen molar-refractivity contribution in [2.45, 2.75) is 102 Å². The van der Waals surface area contributed by atoms with Crippen molar-refractivity contribution in [3.63, 3.8) is 0 Å². The molecule has 0 amide bonds. The molecule has 0 bridgehead atoms. The second-order valence-corrected chi connectivity index (χ2v) is 17.6. The van der Waals surface area contributed by atoms with Crippen molar-refractivity contribution in [1.29, 1.82) is 0 Å². The second kappa shape index (κ2) is 15.9. The minimum atomic E-state index is -2.27. The van der Waals surface area contributed by atoms with Crippen molar-refractivity contribution in [3.05, 3.63) is 108 Å². The van der Waals surface area contributed by atoms with Gasteiger partial charge in [-0.15, -0.1) is 0 Å². The van der Waals surface area contributed by atoms with Gasteiger partial charge in [0, 0.05) is 6.42 Å². The molecule has 43 heavy (non-hydrogen) atoms. The van der Waals surface area contributed by atoms with Crippen molar-refractivity contribution < 1.29 is 28.2 Å². The van der Waals surface area contributed by atoms with Crippen LogP contribution in [0.4, 0.5) is 0 Å². The highest BCUT2D eigenvalue weighted by Crippen LogP contribution is 2.41. The molecule has 3 aromatic carbocycles. The Morgan fingerprint density at radius 2 is 1.19 bits per heavy atom. The average Bonchev–Trinajstić information content (AvgIpc) is 3.00. The second-order valence-electron chi connectivity index (χ2n) is 12.8. The van der Waals surface area contributed by atoms with Crippen LogP contribution < -0.4 is 0 Å². The first-order chi connectivity index (χ1) is 20.7. The third-order valence-corrected chi connectivity index (χ3v) is 13.0. The van der Waals surface area contributed by atoms with Gasteiger partial charge in [-0.2, -0.15) is 0 Å². The van der Waals surface area contributed by atoms with Crippen LogP contribution in [0.5, 0.6) is 0 Å². The van der Waals surface area contributed by atoms with Crippen molar-refractivity contribution in [1.82, 2.24) is 0 Å². The Labute approximate surface area is 258 Å². The maximum atomic E-state index is 11.6. The SMILES string of the molecule is CC(C)(C)[Si](C)(C)O[C@@H]1[C@@H](OCc2ccccc2)[C@@H](OCc2ccccc2)[C@@H](COCc2ccccc2)O[C@H]1CCC=O. The monoisotopic (exact) mass is 604 g/mol. The number of hydrogen-bond acceptors (Lipinski definition) is 6. The molecule has 7 heteroatoms. The highest BCUT2D eigenvalue weighted by atomic mass is 28.4. The Balaban J connectivity index is 1.66. The summed E-state index contributed by atoms with van der Waals surface area (Å²) in [5.74, 6) is 0. The fourth-order valence-corrected chi connectivity index (χ4v) is 6.36. The zero-order chi connectivity index (χ0) is 30.7. The van der Waals surface area contributed by atoms with Crippen LogP contribution in [0.3, 0.4) is 0 Å². The van der Waals surface area contributed by atoms with Gasteiger partial charge in [0.2, 0.25) is 0 Å². The average molecular weight is 605 g/mol. The van der Waals surface area contributed by atoms with Crippen LogP contribution in [-0.2, 0) is 48.0 Å².